The van der Waals surface area contributed by atoms with Crippen LogP contribution in [0.3, 0.4) is 0 Å². The largest absolute Gasteiger partial charge is 0.311 e. The van der Waals surface area contributed by atoms with Gasteiger partial charge in [-0.25, -0.2) is 0 Å². The molecule has 0 rings (SSSR count). The van der Waals surface area contributed by atoms with Crippen LogP contribution in [-0.2, 0) is 0 Å². The first-order chi connectivity index (χ1) is 3.55. The maximum Gasteiger partial charge on any atom is 0.263 e. The summed E-state index contributed by atoms with van der Waals surface area (Å²) < 4.78 is 4.44. The van der Waals surface area contributed by atoms with E-state index in [9.17, 15) is 0 Å². The van der Waals surface area contributed by atoms with E-state index in [1.54, 1.807) is 0 Å². The van der Waals surface area contributed by atoms with Crippen molar-refractivity contribution < 1.29 is 0 Å². The van der Waals surface area contributed by atoms with Gasteiger partial charge in [0.25, 0.3) is 7.74 Å². The Balaban J connectivity index is 3.46. The monoisotopic (exact) mass is 196 g/mol. The van der Waals surface area contributed by atoms with Gasteiger partial charge in [0.1, 0.15) is 0 Å². The zero-order chi connectivity index (χ0) is 6.73. The topological polar surface area (TPSA) is 6.48 Å². The second-order valence-electron chi connectivity index (χ2n) is 2.24. The Hall–Kier alpha value is 0.617. The average Bonchev–Trinajstić information content (AvgIpc) is 1.64. The van der Waals surface area contributed by atoms with Crippen LogP contribution in [0.25, 0.3) is 0 Å². The highest BCUT2D eigenvalue weighted by Gasteiger charge is 2.10. The highest BCUT2D eigenvalue weighted by molar-refractivity contribution is 9.24. The molecule has 0 saturated heterocycles. The summed E-state index contributed by atoms with van der Waals surface area (Å²) in [6.45, 7) is 0. The van der Waals surface area contributed by atoms with Gasteiger partial charge in [0.15, 0.2) is 0 Å². The summed E-state index contributed by atoms with van der Waals surface area (Å²) >= 11 is 3.60. The van der Waals surface area contributed by atoms with E-state index in [0.717, 1.165) is 0 Å². The summed E-state index contributed by atoms with van der Waals surface area (Å²) in [7, 11) is 7.49. The maximum absolute atomic E-state index is 3.60. The Morgan fingerprint density at radius 1 is 1.00 bits per heavy atom. The minimum absolute atomic E-state index is 0.870. The molecule has 2 nitrogen and oxygen atoms in total. The maximum atomic E-state index is 3.60. The van der Waals surface area contributed by atoms with Gasteiger partial charge in [0.05, 0.1) is 0 Å². The molecule has 0 unspecified atom stereocenters. The molecule has 0 N–H and O–H groups in total. The van der Waals surface area contributed by atoms with E-state index in [4.69, 9.17) is 0 Å². The number of hydrogen-bond acceptors (Lipinski definition) is 2. The second-order valence-corrected chi connectivity index (χ2v) is 7.38. The van der Waals surface area contributed by atoms with Gasteiger partial charge in [0, 0.05) is 0 Å². The van der Waals surface area contributed by atoms with Crippen molar-refractivity contribution >= 4 is 23.0 Å². The molecular weight excluding hydrogens is 184 g/mol. The van der Waals surface area contributed by atoms with Crippen molar-refractivity contribution in [3.8, 4) is 0 Å². The predicted octanol–water partition coefficient (Wildman–Crippen LogP) is 0.222. The number of halogens is 1. The van der Waals surface area contributed by atoms with Crippen LogP contribution < -0.4 is 0 Å². The van der Waals surface area contributed by atoms with Crippen LogP contribution >= 0.6 is 15.3 Å². The molecule has 0 amide bonds. The van der Waals surface area contributed by atoms with Crippen LogP contribution in [0.4, 0.5) is 0 Å². The van der Waals surface area contributed by atoms with Gasteiger partial charge in [-0.15, -0.1) is 0 Å². The van der Waals surface area contributed by atoms with Crippen LogP contribution in [0.2, 0.25) is 0 Å². The van der Waals surface area contributed by atoms with Crippen LogP contribution in [0.1, 0.15) is 0 Å². The van der Waals surface area contributed by atoms with Crippen molar-refractivity contribution in [3.05, 3.63) is 0 Å². The summed E-state index contributed by atoms with van der Waals surface area (Å²) in [5, 5.41) is 0. The molecule has 4 heteroatoms. The van der Waals surface area contributed by atoms with Crippen LogP contribution in [0.15, 0.2) is 0 Å². The smallest absolute Gasteiger partial charge is 0.263 e. The molecular formula is C4H13BrN2Si. The minimum Gasteiger partial charge on any atom is -0.311 e. The molecule has 0 atom stereocenters. The molecule has 0 bridgehead atoms. The van der Waals surface area contributed by atoms with E-state index < -0.39 is 7.74 Å². The van der Waals surface area contributed by atoms with Crippen molar-refractivity contribution in [1.82, 2.24) is 9.13 Å². The first kappa shape index (κ1) is 8.62. The quantitative estimate of drug-likeness (QED) is 0.461. The molecule has 0 aromatic carbocycles. The van der Waals surface area contributed by atoms with E-state index in [2.05, 4.69) is 52.6 Å². The van der Waals surface area contributed by atoms with Crippen LogP contribution in [-0.4, -0.2) is 45.1 Å². The SMILES string of the molecule is CN(C)[SiH](Br)N(C)C. The molecule has 0 fully saturated rings. The number of rotatable bonds is 2. The molecule has 8 heavy (non-hydrogen) atoms. The van der Waals surface area contributed by atoms with Crippen molar-refractivity contribution in [2.75, 3.05) is 28.2 Å². The molecule has 0 spiro atoms. The third-order valence-electron chi connectivity index (χ3n) is 0.852. The Labute approximate surface area is 60.8 Å². The highest BCUT2D eigenvalue weighted by atomic mass is 79.9. The minimum atomic E-state index is -0.870. The van der Waals surface area contributed by atoms with Crippen molar-refractivity contribution in [2.24, 2.45) is 0 Å². The van der Waals surface area contributed by atoms with Gasteiger partial charge in [-0.05, 0) is 28.2 Å². The molecule has 0 aliphatic rings. The summed E-state index contributed by atoms with van der Waals surface area (Å²) in [6.07, 6.45) is 0. The Morgan fingerprint density at radius 2 is 1.25 bits per heavy atom. The molecule has 0 radical (unpaired) electrons. The van der Waals surface area contributed by atoms with E-state index in [-0.39, 0.29) is 0 Å². The number of hydrogen-bond donors (Lipinski definition) is 0. The van der Waals surface area contributed by atoms with E-state index in [1.165, 1.54) is 0 Å². The molecule has 0 heterocycles. The van der Waals surface area contributed by atoms with E-state index in [1.807, 2.05) is 0 Å². The Morgan fingerprint density at radius 3 is 1.25 bits per heavy atom. The van der Waals surface area contributed by atoms with Crippen molar-refractivity contribution in [3.63, 3.8) is 0 Å². The average molecular weight is 197 g/mol. The van der Waals surface area contributed by atoms with Gasteiger partial charge in [-0.3, -0.25) is 0 Å². The van der Waals surface area contributed by atoms with E-state index in [0.29, 0.717) is 0 Å². The Bertz CT molecular complexity index is 59.1. The zero-order valence-electron chi connectivity index (χ0n) is 5.85. The van der Waals surface area contributed by atoms with Gasteiger partial charge in [-0.2, -0.15) is 0 Å². The van der Waals surface area contributed by atoms with Gasteiger partial charge < -0.3 is 9.13 Å². The fourth-order valence-electron chi connectivity index (χ4n) is 0.462. The van der Waals surface area contributed by atoms with Gasteiger partial charge >= 0.3 is 0 Å². The first-order valence-electron chi connectivity index (χ1n) is 2.52. The highest BCUT2D eigenvalue weighted by Crippen LogP contribution is 1.97. The number of nitrogens with zero attached hydrogens (tertiary/aromatic N) is 2. The third-order valence-corrected chi connectivity index (χ3v) is 7.47. The molecule has 0 aromatic heterocycles. The lowest BCUT2D eigenvalue weighted by Crippen LogP contribution is -2.40. The van der Waals surface area contributed by atoms with Gasteiger partial charge in [0.2, 0.25) is 0 Å². The summed E-state index contributed by atoms with van der Waals surface area (Å²) in [5.41, 5.74) is 0. The predicted molar refractivity (Wildman–Crippen MR) is 43.5 cm³/mol. The lowest BCUT2D eigenvalue weighted by Gasteiger charge is -2.22. The standard InChI is InChI=1S/C4H13BrN2Si/c1-6(2)8(5)7(3)4/h8H,1-4H3. The summed E-state index contributed by atoms with van der Waals surface area (Å²) in [5.74, 6) is 0. The lowest BCUT2D eigenvalue weighted by atomic mass is 11.3. The van der Waals surface area contributed by atoms with Crippen molar-refractivity contribution in [1.29, 1.82) is 0 Å². The molecule has 50 valence electrons. The van der Waals surface area contributed by atoms with Gasteiger partial charge in [-0.1, -0.05) is 15.3 Å². The summed E-state index contributed by atoms with van der Waals surface area (Å²) in [4.78, 5) is 0. The fourth-order valence-corrected chi connectivity index (χ4v) is 1.39. The van der Waals surface area contributed by atoms with Crippen LogP contribution in [0, 0.1) is 0 Å². The zero-order valence-corrected chi connectivity index (χ0v) is 8.59. The fraction of sp³-hybridized carbons (Fsp3) is 1.00. The van der Waals surface area contributed by atoms with Crippen LogP contribution in [0.5, 0.6) is 0 Å². The van der Waals surface area contributed by atoms with Crippen molar-refractivity contribution in [2.45, 2.75) is 0 Å². The summed E-state index contributed by atoms with van der Waals surface area (Å²) in [6, 6.07) is 0. The third kappa shape index (κ3) is 2.81. The molecule has 0 saturated carbocycles. The lowest BCUT2D eigenvalue weighted by molar-refractivity contribution is 0.543. The normalized spacial score (nSPS) is 12.0. The van der Waals surface area contributed by atoms with E-state index >= 15 is 0 Å². The second kappa shape index (κ2) is 3.61. The molecule has 0 aliphatic carbocycles. The Kier molecular flexibility index (Phi) is 3.88. The first-order valence-corrected chi connectivity index (χ1v) is 6.74. The molecule has 0 aromatic rings. The molecule has 0 aliphatic heterocycles.